The third-order valence-corrected chi connectivity index (χ3v) is 11.2. The Labute approximate surface area is 326 Å². The van der Waals surface area contributed by atoms with Crippen LogP contribution in [0.1, 0.15) is 0 Å². The molecule has 0 saturated carbocycles. The third kappa shape index (κ3) is 4.74. The lowest BCUT2D eigenvalue weighted by molar-refractivity contribution is 0.669. The number of furan rings is 1. The second-order valence-electron chi connectivity index (χ2n) is 14.4. The van der Waals surface area contributed by atoms with Crippen molar-refractivity contribution in [1.29, 1.82) is 0 Å². The topological polar surface area (TPSA) is 61.7 Å². The Balaban J connectivity index is 1.18. The van der Waals surface area contributed by atoms with Crippen LogP contribution in [0.25, 0.3) is 111 Å². The van der Waals surface area contributed by atoms with E-state index in [9.17, 15) is 0 Å². The number of benzene rings is 8. The van der Waals surface area contributed by atoms with Crippen LogP contribution in [0.15, 0.2) is 192 Å². The zero-order valence-electron chi connectivity index (χ0n) is 30.5. The largest absolute Gasteiger partial charge is 0.455 e. The van der Waals surface area contributed by atoms with Gasteiger partial charge in [-0.2, -0.15) is 0 Å². The Kier molecular flexibility index (Phi) is 6.83. The van der Waals surface area contributed by atoms with E-state index in [-0.39, 0.29) is 0 Å². The van der Waals surface area contributed by atoms with Gasteiger partial charge in [0.1, 0.15) is 11.2 Å². The molecule has 6 heteroatoms. The van der Waals surface area contributed by atoms with Crippen molar-refractivity contribution in [3.05, 3.63) is 188 Å². The monoisotopic (exact) mass is 729 g/mol. The molecule has 0 bridgehead atoms. The van der Waals surface area contributed by atoms with Crippen LogP contribution in [0.5, 0.6) is 0 Å². The van der Waals surface area contributed by atoms with Gasteiger partial charge in [0.2, 0.25) is 0 Å². The molecule has 0 aliphatic heterocycles. The normalized spacial score (nSPS) is 11.9. The maximum absolute atomic E-state index is 6.92. The van der Waals surface area contributed by atoms with Gasteiger partial charge < -0.3 is 13.6 Å². The summed E-state index contributed by atoms with van der Waals surface area (Å²) in [5, 5.41) is 6.81. The summed E-state index contributed by atoms with van der Waals surface area (Å²) in [5.41, 5.74) is 10.9. The quantitative estimate of drug-likeness (QED) is 0.177. The molecule has 0 spiro atoms. The summed E-state index contributed by atoms with van der Waals surface area (Å²) in [6.07, 6.45) is 0. The molecule has 0 N–H and O–H groups in total. The Bertz CT molecular complexity index is 3400. The predicted octanol–water partition coefficient (Wildman–Crippen LogP) is 13.0. The number of hydrogen-bond acceptors (Lipinski definition) is 4. The lowest BCUT2D eigenvalue weighted by Crippen LogP contribution is -2.00. The SMILES string of the molecule is c1ccc(-c2nc(-c3ccccc3)nc(-c3cccc4c3oc3ccc5c6cccc(-n7c8ccccc8c8ccccc87)c6n(-c6ccccc6)c5c34)n2)cc1. The van der Waals surface area contributed by atoms with Gasteiger partial charge in [0, 0.05) is 43.7 Å². The average molecular weight is 730 g/mol. The first-order chi connectivity index (χ1) is 28.3. The molecule has 0 amide bonds. The van der Waals surface area contributed by atoms with E-state index >= 15 is 0 Å². The molecule has 4 heterocycles. The standard InChI is InChI=1S/C51H31N5O/c1-4-16-32(17-5-1)49-52-50(33-18-6-2-7-19-33)54-51(53-49)40-26-14-25-39-45-44(57-48(39)40)31-30-38-37-24-15-29-43(46(37)55(47(38)45)34-20-8-3-9-21-34)56-41-27-12-10-22-35(41)36-23-11-13-28-42(36)56/h1-31H. The number of aromatic nitrogens is 5. The molecule has 0 saturated heterocycles. The lowest BCUT2D eigenvalue weighted by atomic mass is 10.1. The minimum Gasteiger partial charge on any atom is -0.455 e. The van der Waals surface area contributed by atoms with E-state index in [1.165, 1.54) is 21.8 Å². The zero-order valence-corrected chi connectivity index (χ0v) is 30.5. The number of para-hydroxylation sites is 5. The van der Waals surface area contributed by atoms with Crippen LogP contribution >= 0.6 is 0 Å². The summed E-state index contributed by atoms with van der Waals surface area (Å²) >= 11 is 0. The third-order valence-electron chi connectivity index (χ3n) is 11.2. The Morgan fingerprint density at radius 1 is 0.368 bits per heavy atom. The van der Waals surface area contributed by atoms with E-state index in [0.29, 0.717) is 17.5 Å². The van der Waals surface area contributed by atoms with Crippen molar-refractivity contribution in [2.75, 3.05) is 0 Å². The summed E-state index contributed by atoms with van der Waals surface area (Å²) in [6, 6.07) is 65.5. The number of nitrogens with zero attached hydrogens (tertiary/aromatic N) is 5. The van der Waals surface area contributed by atoms with Crippen molar-refractivity contribution >= 4 is 65.6 Å². The van der Waals surface area contributed by atoms with Crippen LogP contribution in [0.4, 0.5) is 0 Å². The summed E-state index contributed by atoms with van der Waals surface area (Å²) in [5.74, 6) is 1.77. The maximum Gasteiger partial charge on any atom is 0.167 e. The summed E-state index contributed by atoms with van der Waals surface area (Å²) in [6.45, 7) is 0. The first kappa shape index (κ1) is 31.5. The molecule has 0 radical (unpaired) electrons. The van der Waals surface area contributed by atoms with Crippen LogP contribution in [0, 0.1) is 0 Å². The van der Waals surface area contributed by atoms with Crippen LogP contribution < -0.4 is 0 Å². The molecule has 6 nitrogen and oxygen atoms in total. The fraction of sp³-hybridized carbons (Fsp3) is 0. The van der Waals surface area contributed by atoms with Gasteiger partial charge in [0.15, 0.2) is 17.5 Å². The molecule has 0 atom stereocenters. The minimum absolute atomic E-state index is 0.556. The van der Waals surface area contributed by atoms with Crippen molar-refractivity contribution in [2.45, 2.75) is 0 Å². The number of fused-ring (bicyclic) bond motifs is 10. The average Bonchev–Trinajstić information content (AvgIpc) is 3.95. The van der Waals surface area contributed by atoms with Crippen molar-refractivity contribution in [1.82, 2.24) is 24.1 Å². The van der Waals surface area contributed by atoms with Gasteiger partial charge in [-0.15, -0.1) is 0 Å². The van der Waals surface area contributed by atoms with E-state index in [4.69, 9.17) is 19.4 Å². The van der Waals surface area contributed by atoms with E-state index in [0.717, 1.165) is 71.8 Å². The first-order valence-corrected chi connectivity index (χ1v) is 19.1. The van der Waals surface area contributed by atoms with Gasteiger partial charge in [-0.25, -0.2) is 15.0 Å². The van der Waals surface area contributed by atoms with Gasteiger partial charge in [0.25, 0.3) is 0 Å². The molecular weight excluding hydrogens is 699 g/mol. The molecular formula is C51H31N5O. The van der Waals surface area contributed by atoms with Crippen LogP contribution in [-0.4, -0.2) is 24.1 Å². The fourth-order valence-corrected chi connectivity index (χ4v) is 8.72. The number of rotatable bonds is 5. The molecule has 8 aromatic carbocycles. The molecule has 0 aliphatic rings. The first-order valence-electron chi connectivity index (χ1n) is 19.1. The lowest BCUT2D eigenvalue weighted by Gasteiger charge is -2.14. The minimum atomic E-state index is 0.556. The fourth-order valence-electron chi connectivity index (χ4n) is 8.72. The highest BCUT2D eigenvalue weighted by Crippen LogP contribution is 2.45. The predicted molar refractivity (Wildman–Crippen MR) is 232 cm³/mol. The second kappa shape index (κ2) is 12.3. The molecule has 57 heavy (non-hydrogen) atoms. The van der Waals surface area contributed by atoms with Gasteiger partial charge in [-0.05, 0) is 48.5 Å². The highest BCUT2D eigenvalue weighted by Gasteiger charge is 2.25. The van der Waals surface area contributed by atoms with Crippen LogP contribution in [0.2, 0.25) is 0 Å². The van der Waals surface area contributed by atoms with Crippen molar-refractivity contribution in [3.8, 4) is 45.5 Å². The Morgan fingerprint density at radius 2 is 0.895 bits per heavy atom. The van der Waals surface area contributed by atoms with Gasteiger partial charge in [-0.3, -0.25) is 0 Å². The molecule has 266 valence electrons. The van der Waals surface area contributed by atoms with E-state index in [1.54, 1.807) is 0 Å². The van der Waals surface area contributed by atoms with E-state index in [2.05, 4.69) is 130 Å². The summed E-state index contributed by atoms with van der Waals surface area (Å²) in [4.78, 5) is 15.1. The van der Waals surface area contributed by atoms with Gasteiger partial charge in [-0.1, -0.05) is 140 Å². The molecule has 0 unspecified atom stereocenters. The number of hydrogen-bond donors (Lipinski definition) is 0. The zero-order chi connectivity index (χ0) is 37.5. The summed E-state index contributed by atoms with van der Waals surface area (Å²) < 4.78 is 11.8. The van der Waals surface area contributed by atoms with Crippen LogP contribution in [0.3, 0.4) is 0 Å². The van der Waals surface area contributed by atoms with E-state index < -0.39 is 0 Å². The van der Waals surface area contributed by atoms with Crippen molar-refractivity contribution in [3.63, 3.8) is 0 Å². The van der Waals surface area contributed by atoms with Gasteiger partial charge >= 0.3 is 0 Å². The van der Waals surface area contributed by atoms with E-state index in [1.807, 2.05) is 66.7 Å². The summed E-state index contributed by atoms with van der Waals surface area (Å²) in [7, 11) is 0. The highest BCUT2D eigenvalue weighted by molar-refractivity contribution is 6.26. The Hall–Kier alpha value is -7.83. The van der Waals surface area contributed by atoms with Gasteiger partial charge in [0.05, 0.1) is 38.7 Å². The van der Waals surface area contributed by atoms with Crippen molar-refractivity contribution < 1.29 is 4.42 Å². The molecule has 0 aliphatic carbocycles. The molecule has 4 aromatic heterocycles. The molecule has 12 rings (SSSR count). The smallest absolute Gasteiger partial charge is 0.167 e. The van der Waals surface area contributed by atoms with Crippen molar-refractivity contribution in [2.24, 2.45) is 0 Å². The highest BCUT2D eigenvalue weighted by atomic mass is 16.3. The molecule has 12 aromatic rings. The molecule has 0 fully saturated rings. The Morgan fingerprint density at radius 3 is 1.56 bits per heavy atom. The van der Waals surface area contributed by atoms with Crippen LogP contribution in [-0.2, 0) is 0 Å². The second-order valence-corrected chi connectivity index (χ2v) is 14.4. The maximum atomic E-state index is 6.92.